The van der Waals surface area contributed by atoms with Gasteiger partial charge >= 0.3 is 0 Å². The van der Waals surface area contributed by atoms with Gasteiger partial charge in [-0.15, -0.1) is 0 Å². The summed E-state index contributed by atoms with van der Waals surface area (Å²) in [7, 11) is 0. The molecule has 4 rings (SSSR count). The molecule has 0 atom stereocenters. The second-order valence-corrected chi connectivity index (χ2v) is 7.21. The van der Waals surface area contributed by atoms with E-state index in [0.29, 0.717) is 43.9 Å². The summed E-state index contributed by atoms with van der Waals surface area (Å²) in [5.41, 5.74) is 0.470. The third-order valence-corrected chi connectivity index (χ3v) is 5.39. The van der Waals surface area contributed by atoms with E-state index >= 15 is 0 Å². The van der Waals surface area contributed by atoms with Gasteiger partial charge in [0.1, 0.15) is 17.3 Å². The smallest absolute Gasteiger partial charge is 0.272 e. The van der Waals surface area contributed by atoms with E-state index < -0.39 is 5.79 Å². The molecule has 3 fully saturated rings. The van der Waals surface area contributed by atoms with Crippen LogP contribution in [0.4, 0.5) is 5.82 Å². The van der Waals surface area contributed by atoms with Crippen molar-refractivity contribution < 1.29 is 14.3 Å². The van der Waals surface area contributed by atoms with Crippen molar-refractivity contribution in [2.24, 2.45) is 0 Å². The molecule has 1 aromatic rings. The maximum atomic E-state index is 12.9. The number of ether oxygens (including phenoxy) is 2. The molecule has 1 aromatic heterocycles. The Labute approximate surface area is 148 Å². The Morgan fingerprint density at radius 2 is 1.88 bits per heavy atom. The molecule has 1 saturated carbocycles. The third kappa shape index (κ3) is 3.62. The first kappa shape index (κ1) is 16.7. The average molecular weight is 346 g/mol. The second kappa shape index (κ2) is 6.88. The predicted octanol–water partition coefficient (Wildman–Crippen LogP) is 2.12. The Morgan fingerprint density at radius 1 is 1.20 bits per heavy atom. The van der Waals surface area contributed by atoms with E-state index in [0.717, 1.165) is 18.7 Å². The van der Waals surface area contributed by atoms with Crippen LogP contribution in [0.1, 0.15) is 54.8 Å². The van der Waals surface area contributed by atoms with Gasteiger partial charge in [0.25, 0.3) is 5.91 Å². The van der Waals surface area contributed by atoms with Crippen LogP contribution < -0.4 is 5.32 Å². The van der Waals surface area contributed by atoms with Crippen molar-refractivity contribution in [1.29, 1.82) is 0 Å². The molecule has 0 bridgehead atoms. The lowest BCUT2D eigenvalue weighted by Crippen LogP contribution is -2.47. The molecule has 0 unspecified atom stereocenters. The van der Waals surface area contributed by atoms with Gasteiger partial charge in [0, 0.05) is 38.0 Å². The maximum absolute atomic E-state index is 12.9. The minimum Gasteiger partial charge on any atom is -0.367 e. The van der Waals surface area contributed by atoms with Crippen LogP contribution in [0.5, 0.6) is 0 Å². The molecule has 25 heavy (non-hydrogen) atoms. The van der Waals surface area contributed by atoms with Crippen molar-refractivity contribution in [2.75, 3.05) is 31.6 Å². The molecule has 1 N–H and O–H groups in total. The highest BCUT2D eigenvalue weighted by molar-refractivity contribution is 5.93. The Kier molecular flexibility index (Phi) is 4.60. The zero-order chi connectivity index (χ0) is 17.3. The fourth-order valence-electron chi connectivity index (χ4n) is 4.03. The number of aryl methyl sites for hydroxylation is 1. The van der Waals surface area contributed by atoms with Crippen molar-refractivity contribution >= 4 is 11.7 Å². The van der Waals surface area contributed by atoms with Crippen molar-refractivity contribution in [3.8, 4) is 0 Å². The van der Waals surface area contributed by atoms with E-state index in [1.807, 2.05) is 11.8 Å². The number of nitrogens with zero attached hydrogens (tertiary/aromatic N) is 3. The van der Waals surface area contributed by atoms with Gasteiger partial charge in [0.15, 0.2) is 5.79 Å². The lowest BCUT2D eigenvalue weighted by Gasteiger charge is -2.37. The molecular formula is C18H26N4O3. The standard InChI is InChI=1S/C18H26N4O3/c1-13-19-15(12-16(20-13)21-14-4-2-3-5-14)17(23)22-8-6-18(7-9-22)24-10-11-25-18/h12,14H,2-11H2,1H3,(H,19,20,21). The summed E-state index contributed by atoms with van der Waals surface area (Å²) in [6.45, 7) is 4.40. The highest BCUT2D eigenvalue weighted by Crippen LogP contribution is 2.31. The van der Waals surface area contributed by atoms with Gasteiger partial charge in [-0.3, -0.25) is 4.79 Å². The van der Waals surface area contributed by atoms with E-state index in [4.69, 9.17) is 9.47 Å². The van der Waals surface area contributed by atoms with Crippen molar-refractivity contribution in [2.45, 2.75) is 57.3 Å². The highest BCUT2D eigenvalue weighted by atomic mass is 16.7. The number of carbonyl (C=O) groups excluding carboxylic acids is 1. The molecule has 3 heterocycles. The first-order chi connectivity index (χ1) is 12.1. The Morgan fingerprint density at radius 3 is 2.56 bits per heavy atom. The van der Waals surface area contributed by atoms with Crippen molar-refractivity contribution in [3.05, 3.63) is 17.6 Å². The van der Waals surface area contributed by atoms with Crippen molar-refractivity contribution in [1.82, 2.24) is 14.9 Å². The molecule has 7 heteroatoms. The lowest BCUT2D eigenvalue weighted by atomic mass is 10.0. The normalized spacial score (nSPS) is 23.3. The Hall–Kier alpha value is -1.73. The minimum atomic E-state index is -0.465. The topological polar surface area (TPSA) is 76.6 Å². The lowest BCUT2D eigenvalue weighted by molar-refractivity contribution is -0.181. The minimum absolute atomic E-state index is 0.0344. The monoisotopic (exact) mass is 346 g/mol. The molecular weight excluding hydrogens is 320 g/mol. The second-order valence-electron chi connectivity index (χ2n) is 7.21. The Balaban J connectivity index is 1.43. The highest BCUT2D eigenvalue weighted by Gasteiger charge is 2.41. The van der Waals surface area contributed by atoms with Crippen LogP contribution >= 0.6 is 0 Å². The predicted molar refractivity (Wildman–Crippen MR) is 92.4 cm³/mol. The molecule has 1 aliphatic carbocycles. The molecule has 136 valence electrons. The van der Waals surface area contributed by atoms with E-state index in [9.17, 15) is 4.79 Å². The van der Waals surface area contributed by atoms with Crippen LogP contribution in [0.15, 0.2) is 6.07 Å². The first-order valence-electron chi connectivity index (χ1n) is 9.33. The van der Waals surface area contributed by atoms with Gasteiger partial charge in [0.05, 0.1) is 13.2 Å². The largest absolute Gasteiger partial charge is 0.367 e. The van der Waals surface area contributed by atoms with Gasteiger partial charge in [-0.1, -0.05) is 12.8 Å². The van der Waals surface area contributed by atoms with Crippen LogP contribution in [0.3, 0.4) is 0 Å². The number of rotatable bonds is 3. The van der Waals surface area contributed by atoms with Gasteiger partial charge < -0.3 is 19.7 Å². The molecule has 2 aliphatic heterocycles. The number of nitrogens with one attached hydrogen (secondary N) is 1. The zero-order valence-corrected chi connectivity index (χ0v) is 14.8. The quantitative estimate of drug-likeness (QED) is 0.903. The number of hydrogen-bond acceptors (Lipinski definition) is 6. The van der Waals surface area contributed by atoms with Crippen LogP contribution in [0, 0.1) is 6.92 Å². The van der Waals surface area contributed by atoms with Crippen LogP contribution in [0.2, 0.25) is 0 Å². The van der Waals surface area contributed by atoms with Crippen LogP contribution in [-0.4, -0.2) is 58.9 Å². The van der Waals surface area contributed by atoms with Gasteiger partial charge in [0.2, 0.25) is 0 Å². The number of anilines is 1. The fraction of sp³-hybridized carbons (Fsp3) is 0.722. The summed E-state index contributed by atoms with van der Waals surface area (Å²) in [6, 6.07) is 2.25. The molecule has 0 aromatic carbocycles. The number of piperidine rings is 1. The third-order valence-electron chi connectivity index (χ3n) is 5.39. The van der Waals surface area contributed by atoms with Gasteiger partial charge in [-0.05, 0) is 19.8 Å². The molecule has 3 aliphatic rings. The summed E-state index contributed by atoms with van der Waals surface area (Å²) in [5, 5.41) is 3.46. The summed E-state index contributed by atoms with van der Waals surface area (Å²) in [6.07, 6.45) is 6.29. The first-order valence-corrected chi connectivity index (χ1v) is 9.33. The summed E-state index contributed by atoms with van der Waals surface area (Å²) >= 11 is 0. The molecule has 0 radical (unpaired) electrons. The number of hydrogen-bond donors (Lipinski definition) is 1. The number of carbonyl (C=O) groups is 1. The van der Waals surface area contributed by atoms with Crippen molar-refractivity contribution in [3.63, 3.8) is 0 Å². The number of amides is 1. The zero-order valence-electron chi connectivity index (χ0n) is 14.8. The molecule has 1 spiro atoms. The van der Waals surface area contributed by atoms with E-state index in [-0.39, 0.29) is 5.91 Å². The molecule has 7 nitrogen and oxygen atoms in total. The average Bonchev–Trinajstić information content (AvgIpc) is 3.27. The van der Waals surface area contributed by atoms with E-state index in [1.165, 1.54) is 25.7 Å². The van der Waals surface area contributed by atoms with Gasteiger partial charge in [-0.2, -0.15) is 0 Å². The summed E-state index contributed by atoms with van der Waals surface area (Å²) in [4.78, 5) is 23.5. The summed E-state index contributed by atoms with van der Waals surface area (Å²) in [5.74, 6) is 0.891. The number of aromatic nitrogens is 2. The van der Waals surface area contributed by atoms with E-state index in [1.54, 1.807) is 6.07 Å². The number of likely N-dealkylation sites (tertiary alicyclic amines) is 1. The molecule has 1 amide bonds. The van der Waals surface area contributed by atoms with Gasteiger partial charge in [-0.25, -0.2) is 9.97 Å². The molecule has 2 saturated heterocycles. The van der Waals surface area contributed by atoms with Crippen LogP contribution in [0.25, 0.3) is 0 Å². The van der Waals surface area contributed by atoms with E-state index in [2.05, 4.69) is 15.3 Å². The SMILES string of the molecule is Cc1nc(NC2CCCC2)cc(C(=O)N2CCC3(CC2)OCCO3)n1. The van der Waals surface area contributed by atoms with Crippen LogP contribution in [-0.2, 0) is 9.47 Å². The Bertz CT molecular complexity index is 629. The fourth-order valence-corrected chi connectivity index (χ4v) is 4.03. The summed E-state index contributed by atoms with van der Waals surface area (Å²) < 4.78 is 11.5. The maximum Gasteiger partial charge on any atom is 0.272 e.